The Morgan fingerprint density at radius 2 is 1.56 bits per heavy atom. The predicted octanol–water partition coefficient (Wildman–Crippen LogP) is 5.87. The molecule has 27 heavy (non-hydrogen) atoms. The third-order valence-electron chi connectivity index (χ3n) is 4.37. The van der Waals surface area contributed by atoms with Crippen LogP contribution in [0.3, 0.4) is 0 Å². The first-order valence-corrected chi connectivity index (χ1v) is 10.2. The van der Waals surface area contributed by atoms with Crippen LogP contribution < -0.4 is 4.74 Å². The molecule has 1 heterocycles. The molecule has 0 saturated carbocycles. The van der Waals surface area contributed by atoms with Crippen LogP contribution in [0.25, 0.3) is 0 Å². The Balaban J connectivity index is 1.59. The summed E-state index contributed by atoms with van der Waals surface area (Å²) in [5.41, 5.74) is 0.624. The average Bonchev–Trinajstić information content (AvgIpc) is 2.64. The molecule has 142 valence electrons. The van der Waals surface area contributed by atoms with E-state index in [-0.39, 0.29) is 27.6 Å². The van der Waals surface area contributed by atoms with Crippen molar-refractivity contribution < 1.29 is 14.3 Å². The third kappa shape index (κ3) is 4.96. The average molecular weight is 492 g/mol. The van der Waals surface area contributed by atoms with Crippen LogP contribution in [0.5, 0.6) is 5.75 Å². The van der Waals surface area contributed by atoms with Crippen LogP contribution in [-0.2, 0) is 4.79 Å². The molecule has 2 aromatic rings. The molecule has 4 nitrogen and oxygen atoms in total. The van der Waals surface area contributed by atoms with Gasteiger partial charge < -0.3 is 9.64 Å². The van der Waals surface area contributed by atoms with Crippen molar-refractivity contribution in [3.63, 3.8) is 0 Å². The number of carbonyl (C=O) groups excluding carboxylic acids is 2. The lowest BCUT2D eigenvalue weighted by molar-refractivity contribution is -0.140. The maximum Gasteiger partial charge on any atom is 0.314 e. The number of likely N-dealkylation sites (tertiary alicyclic amines) is 1. The van der Waals surface area contributed by atoms with Crippen LogP contribution in [0.2, 0.25) is 15.1 Å². The Bertz CT molecular complexity index is 842. The highest BCUT2D eigenvalue weighted by Crippen LogP contribution is 2.36. The molecule has 1 aliphatic heterocycles. The topological polar surface area (TPSA) is 46.6 Å². The molecule has 0 bridgehead atoms. The summed E-state index contributed by atoms with van der Waals surface area (Å²) in [5.74, 6) is -0.655. The van der Waals surface area contributed by atoms with Crippen molar-refractivity contribution in [2.45, 2.75) is 12.8 Å². The number of piperidine rings is 1. The number of benzene rings is 2. The molecule has 0 radical (unpaired) electrons. The predicted molar refractivity (Wildman–Crippen MR) is 110 cm³/mol. The normalized spacial score (nSPS) is 14.9. The number of hydrogen-bond donors (Lipinski definition) is 0. The van der Waals surface area contributed by atoms with Crippen LogP contribution in [0.4, 0.5) is 0 Å². The Kier molecular flexibility index (Phi) is 6.69. The fourth-order valence-electron chi connectivity index (χ4n) is 2.90. The fraction of sp³-hybridized carbons (Fsp3) is 0.263. The number of esters is 1. The molecule has 1 amide bonds. The van der Waals surface area contributed by atoms with E-state index in [4.69, 9.17) is 39.5 Å². The van der Waals surface area contributed by atoms with Gasteiger partial charge in [0, 0.05) is 28.1 Å². The van der Waals surface area contributed by atoms with E-state index < -0.39 is 5.97 Å². The summed E-state index contributed by atoms with van der Waals surface area (Å²) < 4.78 is 6.31. The molecule has 0 unspecified atom stereocenters. The van der Waals surface area contributed by atoms with Gasteiger partial charge in [0.25, 0.3) is 5.91 Å². The van der Waals surface area contributed by atoms with E-state index in [1.165, 1.54) is 12.1 Å². The lowest BCUT2D eigenvalue weighted by atomic mass is 9.96. The van der Waals surface area contributed by atoms with Gasteiger partial charge in [-0.3, -0.25) is 9.59 Å². The summed E-state index contributed by atoms with van der Waals surface area (Å²) >= 11 is 21.3. The molecular weight excluding hydrogens is 476 g/mol. The summed E-state index contributed by atoms with van der Waals surface area (Å²) in [7, 11) is 0. The smallest absolute Gasteiger partial charge is 0.314 e. The van der Waals surface area contributed by atoms with E-state index in [2.05, 4.69) is 15.9 Å². The van der Waals surface area contributed by atoms with Crippen molar-refractivity contribution in [2.75, 3.05) is 13.1 Å². The minimum absolute atomic E-state index is 0.0434. The van der Waals surface area contributed by atoms with Gasteiger partial charge in [-0.2, -0.15) is 0 Å². The van der Waals surface area contributed by atoms with Crippen molar-refractivity contribution in [1.82, 2.24) is 4.90 Å². The van der Waals surface area contributed by atoms with Gasteiger partial charge in [-0.25, -0.2) is 0 Å². The van der Waals surface area contributed by atoms with Crippen molar-refractivity contribution in [3.05, 3.63) is 61.5 Å². The molecule has 1 saturated heterocycles. The van der Waals surface area contributed by atoms with Crippen LogP contribution in [0, 0.1) is 5.92 Å². The van der Waals surface area contributed by atoms with Crippen molar-refractivity contribution >= 4 is 62.6 Å². The number of hydrogen-bond acceptors (Lipinski definition) is 3. The molecular formula is C19H15BrCl3NO3. The summed E-state index contributed by atoms with van der Waals surface area (Å²) in [5, 5.41) is 0.733. The molecule has 0 spiro atoms. The third-order valence-corrected chi connectivity index (χ3v) is 5.68. The van der Waals surface area contributed by atoms with Gasteiger partial charge >= 0.3 is 5.97 Å². The Morgan fingerprint density at radius 1 is 1.00 bits per heavy atom. The van der Waals surface area contributed by atoms with Gasteiger partial charge in [0.1, 0.15) is 0 Å². The van der Waals surface area contributed by atoms with E-state index >= 15 is 0 Å². The molecule has 8 heteroatoms. The maximum absolute atomic E-state index is 12.5. The quantitative estimate of drug-likeness (QED) is 0.399. The highest BCUT2D eigenvalue weighted by Gasteiger charge is 2.30. The number of ether oxygens (including phenoxy) is 1. The molecule has 2 aromatic carbocycles. The van der Waals surface area contributed by atoms with E-state index in [0.29, 0.717) is 36.5 Å². The number of carbonyl (C=O) groups is 2. The molecule has 0 aliphatic carbocycles. The maximum atomic E-state index is 12.5. The van der Waals surface area contributed by atoms with Crippen molar-refractivity contribution in [3.8, 4) is 5.75 Å². The Morgan fingerprint density at radius 3 is 2.11 bits per heavy atom. The SMILES string of the molecule is O=C(Oc1c(Cl)cc(Cl)cc1Cl)C1CCN(C(=O)c2ccc(Br)cc2)CC1. The first-order chi connectivity index (χ1) is 12.8. The minimum atomic E-state index is -0.406. The summed E-state index contributed by atoms with van der Waals surface area (Å²) in [6, 6.07) is 10.1. The summed E-state index contributed by atoms with van der Waals surface area (Å²) in [6.45, 7) is 0.966. The largest absolute Gasteiger partial charge is 0.423 e. The molecule has 0 N–H and O–H groups in total. The lowest BCUT2D eigenvalue weighted by Gasteiger charge is -2.31. The zero-order valence-electron chi connectivity index (χ0n) is 14.1. The lowest BCUT2D eigenvalue weighted by Crippen LogP contribution is -2.41. The molecule has 0 aromatic heterocycles. The fourth-order valence-corrected chi connectivity index (χ4v) is 4.06. The van der Waals surface area contributed by atoms with Crippen LogP contribution in [0.15, 0.2) is 40.9 Å². The standard InChI is InChI=1S/C19H15BrCl3NO3/c20-13-3-1-11(2-4-13)18(25)24-7-5-12(6-8-24)19(26)27-17-15(22)9-14(21)10-16(17)23/h1-4,9-10,12H,5-8H2. The Labute approximate surface area is 180 Å². The second-order valence-corrected chi connectivity index (χ2v) is 8.36. The zero-order chi connectivity index (χ0) is 19.6. The van der Waals surface area contributed by atoms with Crippen LogP contribution in [-0.4, -0.2) is 29.9 Å². The van der Waals surface area contributed by atoms with Crippen LogP contribution in [0.1, 0.15) is 23.2 Å². The number of halogens is 4. The van der Waals surface area contributed by atoms with E-state index in [0.717, 1.165) is 4.47 Å². The first-order valence-electron chi connectivity index (χ1n) is 8.26. The zero-order valence-corrected chi connectivity index (χ0v) is 17.9. The van der Waals surface area contributed by atoms with Gasteiger partial charge in [0.15, 0.2) is 5.75 Å². The van der Waals surface area contributed by atoms with Gasteiger partial charge in [0.2, 0.25) is 0 Å². The Hall–Kier alpha value is -1.27. The molecule has 1 fully saturated rings. The first kappa shape index (κ1) is 20.5. The second kappa shape index (κ2) is 8.82. The highest BCUT2D eigenvalue weighted by atomic mass is 79.9. The van der Waals surface area contributed by atoms with Crippen LogP contribution >= 0.6 is 50.7 Å². The number of amides is 1. The van der Waals surface area contributed by atoms with Gasteiger partial charge in [-0.1, -0.05) is 50.7 Å². The minimum Gasteiger partial charge on any atom is -0.423 e. The second-order valence-electron chi connectivity index (χ2n) is 6.19. The molecule has 3 rings (SSSR count). The number of rotatable bonds is 3. The summed E-state index contributed by atoms with van der Waals surface area (Å²) in [4.78, 5) is 26.8. The molecule has 1 aliphatic rings. The van der Waals surface area contributed by atoms with Crippen molar-refractivity contribution in [1.29, 1.82) is 0 Å². The van der Waals surface area contributed by atoms with Crippen molar-refractivity contribution in [2.24, 2.45) is 5.92 Å². The molecule has 0 atom stereocenters. The van der Waals surface area contributed by atoms with E-state index in [1.54, 1.807) is 17.0 Å². The number of nitrogens with zero attached hydrogens (tertiary/aromatic N) is 1. The van der Waals surface area contributed by atoms with E-state index in [9.17, 15) is 9.59 Å². The summed E-state index contributed by atoms with van der Waals surface area (Å²) in [6.07, 6.45) is 1.04. The highest BCUT2D eigenvalue weighted by molar-refractivity contribution is 9.10. The van der Waals surface area contributed by atoms with Gasteiger partial charge in [-0.05, 0) is 49.2 Å². The van der Waals surface area contributed by atoms with E-state index in [1.807, 2.05) is 12.1 Å². The van der Waals surface area contributed by atoms with Gasteiger partial charge in [-0.15, -0.1) is 0 Å². The monoisotopic (exact) mass is 489 g/mol. The van der Waals surface area contributed by atoms with Gasteiger partial charge in [0.05, 0.1) is 16.0 Å².